The van der Waals surface area contributed by atoms with Crippen LogP contribution in [0.15, 0.2) is 30.3 Å². The van der Waals surface area contributed by atoms with Gasteiger partial charge in [0.2, 0.25) is 0 Å². The molecule has 0 aromatic heterocycles. The van der Waals surface area contributed by atoms with Crippen LogP contribution in [0.5, 0.6) is 0 Å². The fraction of sp³-hybridized carbons (Fsp3) is 0.500. The standard InChI is InChI=1S/C14H20N2O2/c1-2-11-10-16(9-8-13(11)17)14(18)15-12-6-4-3-5-7-12/h3-7,11,13,17H,2,8-10H2,1H3,(H,15,18). The molecule has 2 rings (SSSR count). The number of para-hydroxylation sites is 1. The molecule has 0 bridgehead atoms. The number of aliphatic hydroxyl groups is 1. The number of piperidine rings is 1. The Balaban J connectivity index is 1.93. The van der Waals surface area contributed by atoms with Crippen LogP contribution in [-0.2, 0) is 0 Å². The highest BCUT2D eigenvalue weighted by molar-refractivity contribution is 5.89. The van der Waals surface area contributed by atoms with Crippen LogP contribution in [0.1, 0.15) is 19.8 Å². The Bertz CT molecular complexity index is 394. The van der Waals surface area contributed by atoms with Crippen LogP contribution in [0, 0.1) is 5.92 Å². The number of hydrogen-bond donors (Lipinski definition) is 2. The molecule has 2 unspecified atom stereocenters. The molecular formula is C14H20N2O2. The summed E-state index contributed by atoms with van der Waals surface area (Å²) in [5, 5.41) is 12.7. The van der Waals surface area contributed by atoms with Crippen LogP contribution in [0.25, 0.3) is 0 Å². The van der Waals surface area contributed by atoms with Gasteiger partial charge in [-0.25, -0.2) is 4.79 Å². The van der Waals surface area contributed by atoms with Crippen molar-refractivity contribution in [3.63, 3.8) is 0 Å². The van der Waals surface area contributed by atoms with E-state index in [0.29, 0.717) is 19.5 Å². The van der Waals surface area contributed by atoms with E-state index in [1.165, 1.54) is 0 Å². The highest BCUT2D eigenvalue weighted by Crippen LogP contribution is 2.20. The number of amides is 2. The van der Waals surface area contributed by atoms with E-state index in [0.717, 1.165) is 12.1 Å². The lowest BCUT2D eigenvalue weighted by atomic mass is 9.93. The second-order valence-electron chi connectivity index (χ2n) is 4.77. The summed E-state index contributed by atoms with van der Waals surface area (Å²) in [5.41, 5.74) is 0.807. The highest BCUT2D eigenvalue weighted by Gasteiger charge is 2.28. The lowest BCUT2D eigenvalue weighted by Gasteiger charge is -2.35. The molecule has 4 heteroatoms. The zero-order valence-corrected chi connectivity index (χ0v) is 10.7. The number of likely N-dealkylation sites (tertiary alicyclic amines) is 1. The Labute approximate surface area is 108 Å². The first kappa shape index (κ1) is 12.9. The van der Waals surface area contributed by atoms with Crippen molar-refractivity contribution >= 4 is 11.7 Å². The average molecular weight is 248 g/mol. The number of urea groups is 1. The van der Waals surface area contributed by atoms with Crippen molar-refractivity contribution in [2.24, 2.45) is 5.92 Å². The van der Waals surface area contributed by atoms with Crippen molar-refractivity contribution in [2.45, 2.75) is 25.9 Å². The summed E-state index contributed by atoms with van der Waals surface area (Å²) in [6.07, 6.45) is 1.30. The number of rotatable bonds is 2. The van der Waals surface area contributed by atoms with Gasteiger partial charge in [-0.05, 0) is 25.0 Å². The van der Waals surface area contributed by atoms with Gasteiger partial charge in [0.1, 0.15) is 0 Å². The second-order valence-corrected chi connectivity index (χ2v) is 4.77. The quantitative estimate of drug-likeness (QED) is 0.844. The van der Waals surface area contributed by atoms with E-state index in [9.17, 15) is 9.90 Å². The maximum absolute atomic E-state index is 12.1. The van der Waals surface area contributed by atoms with E-state index < -0.39 is 0 Å². The first-order valence-corrected chi connectivity index (χ1v) is 6.49. The smallest absolute Gasteiger partial charge is 0.321 e. The zero-order valence-electron chi connectivity index (χ0n) is 10.7. The van der Waals surface area contributed by atoms with Crippen molar-refractivity contribution in [3.05, 3.63) is 30.3 Å². The van der Waals surface area contributed by atoms with Gasteiger partial charge >= 0.3 is 6.03 Å². The molecule has 2 atom stereocenters. The fourth-order valence-corrected chi connectivity index (χ4v) is 2.33. The summed E-state index contributed by atoms with van der Waals surface area (Å²) in [5.74, 6) is 0.195. The van der Waals surface area contributed by atoms with E-state index in [4.69, 9.17) is 0 Å². The Morgan fingerprint density at radius 1 is 1.44 bits per heavy atom. The van der Waals surface area contributed by atoms with Gasteiger partial charge in [-0.1, -0.05) is 25.1 Å². The number of aliphatic hydroxyl groups excluding tert-OH is 1. The number of nitrogens with zero attached hydrogens (tertiary/aromatic N) is 1. The summed E-state index contributed by atoms with van der Waals surface area (Å²) in [6.45, 7) is 3.30. The summed E-state index contributed by atoms with van der Waals surface area (Å²) >= 11 is 0. The molecule has 0 aliphatic carbocycles. The maximum Gasteiger partial charge on any atom is 0.321 e. The van der Waals surface area contributed by atoms with Gasteiger partial charge < -0.3 is 15.3 Å². The minimum Gasteiger partial charge on any atom is -0.393 e. The zero-order chi connectivity index (χ0) is 13.0. The molecule has 2 N–H and O–H groups in total. The molecule has 2 amide bonds. The molecule has 1 aliphatic rings. The van der Waals surface area contributed by atoms with E-state index in [-0.39, 0.29) is 18.1 Å². The minimum absolute atomic E-state index is 0.0773. The monoisotopic (exact) mass is 248 g/mol. The van der Waals surface area contributed by atoms with Gasteiger partial charge in [0.05, 0.1) is 6.10 Å². The Morgan fingerprint density at radius 3 is 2.83 bits per heavy atom. The van der Waals surface area contributed by atoms with Crippen LogP contribution in [0.3, 0.4) is 0 Å². The average Bonchev–Trinajstić information content (AvgIpc) is 2.40. The molecule has 1 aliphatic heterocycles. The van der Waals surface area contributed by atoms with Crippen molar-refractivity contribution in [3.8, 4) is 0 Å². The molecule has 0 saturated carbocycles. The molecule has 1 aromatic carbocycles. The number of carbonyl (C=O) groups excluding carboxylic acids is 1. The van der Waals surface area contributed by atoms with E-state index in [1.807, 2.05) is 37.3 Å². The van der Waals surface area contributed by atoms with Crippen LogP contribution in [0.4, 0.5) is 10.5 Å². The molecule has 4 nitrogen and oxygen atoms in total. The first-order valence-electron chi connectivity index (χ1n) is 6.49. The number of benzene rings is 1. The lowest BCUT2D eigenvalue weighted by Crippen LogP contribution is -2.47. The van der Waals surface area contributed by atoms with E-state index in [1.54, 1.807) is 4.90 Å². The summed E-state index contributed by atoms with van der Waals surface area (Å²) in [7, 11) is 0. The van der Waals surface area contributed by atoms with Gasteiger partial charge in [0.15, 0.2) is 0 Å². The molecule has 98 valence electrons. The summed E-state index contributed by atoms with van der Waals surface area (Å²) in [4.78, 5) is 13.9. The molecule has 1 aromatic rings. The Kier molecular flexibility index (Phi) is 4.20. The molecule has 1 heterocycles. The van der Waals surface area contributed by atoms with Crippen molar-refractivity contribution in [2.75, 3.05) is 18.4 Å². The largest absolute Gasteiger partial charge is 0.393 e. The molecule has 0 radical (unpaired) electrons. The predicted octanol–water partition coefficient (Wildman–Crippen LogP) is 2.31. The maximum atomic E-state index is 12.1. The summed E-state index contributed by atoms with van der Waals surface area (Å²) in [6, 6.07) is 9.36. The normalized spacial score (nSPS) is 23.8. The third-order valence-electron chi connectivity index (χ3n) is 3.53. The SMILES string of the molecule is CCC1CN(C(=O)Nc2ccccc2)CCC1O. The first-order chi connectivity index (χ1) is 8.70. The van der Waals surface area contributed by atoms with Crippen molar-refractivity contribution < 1.29 is 9.90 Å². The second kappa shape index (κ2) is 5.87. The van der Waals surface area contributed by atoms with Crippen LogP contribution >= 0.6 is 0 Å². The Morgan fingerprint density at radius 2 is 2.17 bits per heavy atom. The minimum atomic E-state index is -0.268. The van der Waals surface area contributed by atoms with Crippen molar-refractivity contribution in [1.82, 2.24) is 4.90 Å². The molecule has 18 heavy (non-hydrogen) atoms. The van der Waals surface area contributed by atoms with Crippen LogP contribution < -0.4 is 5.32 Å². The van der Waals surface area contributed by atoms with E-state index in [2.05, 4.69) is 5.32 Å². The van der Waals surface area contributed by atoms with E-state index >= 15 is 0 Å². The molecule has 1 saturated heterocycles. The topological polar surface area (TPSA) is 52.6 Å². The number of nitrogens with one attached hydrogen (secondary N) is 1. The number of carbonyl (C=O) groups is 1. The van der Waals surface area contributed by atoms with Gasteiger partial charge in [-0.2, -0.15) is 0 Å². The lowest BCUT2D eigenvalue weighted by molar-refractivity contribution is 0.0405. The Hall–Kier alpha value is -1.55. The van der Waals surface area contributed by atoms with Crippen molar-refractivity contribution in [1.29, 1.82) is 0 Å². The summed E-state index contributed by atoms with van der Waals surface area (Å²) < 4.78 is 0. The van der Waals surface area contributed by atoms with Gasteiger partial charge in [0.25, 0.3) is 0 Å². The highest BCUT2D eigenvalue weighted by atomic mass is 16.3. The predicted molar refractivity (Wildman–Crippen MR) is 71.4 cm³/mol. The fourth-order valence-electron chi connectivity index (χ4n) is 2.33. The third kappa shape index (κ3) is 3.01. The van der Waals surface area contributed by atoms with Gasteiger partial charge in [-0.15, -0.1) is 0 Å². The molecule has 1 fully saturated rings. The third-order valence-corrected chi connectivity index (χ3v) is 3.53. The molecule has 0 spiro atoms. The molecular weight excluding hydrogens is 228 g/mol. The number of anilines is 1. The number of hydrogen-bond acceptors (Lipinski definition) is 2. The van der Waals surface area contributed by atoms with Crippen LogP contribution in [-0.4, -0.2) is 35.2 Å². The van der Waals surface area contributed by atoms with Gasteiger partial charge in [-0.3, -0.25) is 0 Å². The van der Waals surface area contributed by atoms with Gasteiger partial charge in [0, 0.05) is 24.7 Å². The van der Waals surface area contributed by atoms with Crippen LogP contribution in [0.2, 0.25) is 0 Å².